The maximum Gasteiger partial charge on any atom is 0.227 e. The number of Topliss-reactive ketones (excluding diaryl/α,β-unsaturated/α-hetero) is 1. The average molecular weight is 629 g/mol. The molecule has 0 radical (unpaired) electrons. The van der Waals surface area contributed by atoms with Crippen molar-refractivity contribution in [1.29, 1.82) is 0 Å². The van der Waals surface area contributed by atoms with Crippen LogP contribution in [0, 0.1) is 34.5 Å². The number of ketones is 2. The van der Waals surface area contributed by atoms with Crippen LogP contribution in [-0.2, 0) is 9.59 Å². The van der Waals surface area contributed by atoms with Gasteiger partial charge in [-0.2, -0.15) is 9.97 Å². The number of piperazine rings is 1. The smallest absolute Gasteiger partial charge is 0.227 e. The number of aromatic nitrogens is 2. The molecule has 2 heterocycles. The lowest BCUT2D eigenvalue weighted by molar-refractivity contribution is -0.129. The molecule has 1 aromatic rings. The molecule has 0 aromatic carbocycles. The molecule has 8 heteroatoms. The molecule has 6 rings (SSSR count). The van der Waals surface area contributed by atoms with Gasteiger partial charge in [-0.25, -0.2) is 0 Å². The molecule has 250 valence electrons. The molecule has 6 atom stereocenters. The van der Waals surface area contributed by atoms with E-state index in [1.807, 2.05) is 6.08 Å². The predicted molar refractivity (Wildman–Crippen MR) is 187 cm³/mol. The Labute approximate surface area is 276 Å². The summed E-state index contributed by atoms with van der Waals surface area (Å²) in [6.45, 7) is 23.6. The van der Waals surface area contributed by atoms with Crippen LogP contribution in [0.4, 0.5) is 17.6 Å². The molecule has 1 unspecified atom stereocenters. The maximum atomic E-state index is 14.2. The second-order valence-electron chi connectivity index (χ2n) is 17.3. The minimum atomic E-state index is -0.151. The topological polar surface area (TPSA) is 90.5 Å². The molecule has 1 aromatic heterocycles. The zero-order chi connectivity index (χ0) is 33.2. The monoisotopic (exact) mass is 628 g/mol. The Morgan fingerprint density at radius 3 is 2.39 bits per heavy atom. The number of fused-ring (bicyclic) bond motifs is 5. The molecule has 4 aliphatic carbocycles. The van der Waals surface area contributed by atoms with Gasteiger partial charge in [0.25, 0.3) is 0 Å². The van der Waals surface area contributed by atoms with Gasteiger partial charge < -0.3 is 15.5 Å². The molecule has 46 heavy (non-hydrogen) atoms. The van der Waals surface area contributed by atoms with Crippen LogP contribution in [0.15, 0.2) is 41.5 Å². The fraction of sp³-hybridized carbons (Fsp3) is 0.684. The Kier molecular flexibility index (Phi) is 8.31. The number of nitrogens with one attached hydrogen (secondary N) is 2. The fourth-order valence-electron chi connectivity index (χ4n) is 9.47. The van der Waals surface area contributed by atoms with Gasteiger partial charge in [0.2, 0.25) is 5.95 Å². The highest BCUT2D eigenvalue weighted by Crippen LogP contribution is 2.65. The van der Waals surface area contributed by atoms with Gasteiger partial charge in [0.05, 0.1) is 6.54 Å². The van der Waals surface area contributed by atoms with Gasteiger partial charge in [-0.15, -0.1) is 0 Å². The Hall–Kier alpha value is -3.00. The third-order valence-electron chi connectivity index (χ3n) is 11.4. The number of carbonyl (C=O) groups excluding carboxylic acids is 2. The van der Waals surface area contributed by atoms with E-state index in [1.165, 1.54) is 11.1 Å². The summed E-state index contributed by atoms with van der Waals surface area (Å²) in [7, 11) is 0. The fourth-order valence-corrected chi connectivity index (χ4v) is 9.47. The van der Waals surface area contributed by atoms with Gasteiger partial charge in [-0.3, -0.25) is 14.5 Å². The highest BCUT2D eigenvalue weighted by atomic mass is 16.1. The summed E-state index contributed by atoms with van der Waals surface area (Å²) in [5.41, 5.74) is 2.36. The summed E-state index contributed by atoms with van der Waals surface area (Å²) in [6.07, 6.45) is 12.4. The molecule has 2 N–H and O–H groups in total. The van der Waals surface area contributed by atoms with Crippen LogP contribution in [0.2, 0.25) is 0 Å². The van der Waals surface area contributed by atoms with Gasteiger partial charge in [0.1, 0.15) is 11.6 Å². The zero-order valence-electron chi connectivity index (χ0n) is 29.7. The SMILES string of the molecule is CC1C[C@H]2[C@@H]3CCC4=CC(=O)C=C[C@]4(C)C3=CC[C@]2(C)[C@H]1C(=O)CN1CCN(c2cc(NC(C)(C)C)nc(NC(C)(C)C)n2)CC1. The first-order valence-electron chi connectivity index (χ1n) is 17.6. The van der Waals surface area contributed by atoms with Crippen LogP contribution in [0.1, 0.15) is 88.0 Å². The largest absolute Gasteiger partial charge is 0.365 e. The van der Waals surface area contributed by atoms with Gasteiger partial charge >= 0.3 is 0 Å². The second-order valence-corrected chi connectivity index (χ2v) is 17.3. The lowest BCUT2D eigenvalue weighted by Gasteiger charge is -2.52. The van der Waals surface area contributed by atoms with Crippen LogP contribution in [0.3, 0.4) is 0 Å². The van der Waals surface area contributed by atoms with Gasteiger partial charge in [-0.05, 0) is 109 Å². The Morgan fingerprint density at radius 1 is 1.02 bits per heavy atom. The Bertz CT molecular complexity index is 1440. The highest BCUT2D eigenvalue weighted by Gasteiger charge is 2.59. The second kappa shape index (κ2) is 11.6. The van der Waals surface area contributed by atoms with Crippen LogP contribution >= 0.6 is 0 Å². The minimum absolute atomic E-state index is 0.00780. The van der Waals surface area contributed by atoms with Crippen molar-refractivity contribution in [3.8, 4) is 0 Å². The first kappa shape index (κ1) is 32.9. The molecular formula is C38H56N6O2. The molecule has 0 spiro atoms. The molecule has 1 aliphatic heterocycles. The molecule has 0 bridgehead atoms. The van der Waals surface area contributed by atoms with E-state index < -0.39 is 0 Å². The number of anilines is 3. The van der Waals surface area contributed by atoms with Crippen molar-refractivity contribution in [3.05, 3.63) is 41.5 Å². The number of allylic oxidation sites excluding steroid dienone is 6. The minimum Gasteiger partial charge on any atom is -0.365 e. The van der Waals surface area contributed by atoms with E-state index in [2.05, 4.69) is 101 Å². The van der Waals surface area contributed by atoms with Crippen molar-refractivity contribution in [3.63, 3.8) is 0 Å². The first-order chi connectivity index (χ1) is 21.4. The summed E-state index contributed by atoms with van der Waals surface area (Å²) in [6, 6.07) is 2.05. The van der Waals surface area contributed by atoms with Crippen molar-refractivity contribution >= 4 is 29.2 Å². The van der Waals surface area contributed by atoms with Crippen LogP contribution in [0.25, 0.3) is 0 Å². The average Bonchev–Trinajstić information content (AvgIpc) is 3.21. The predicted octanol–water partition coefficient (Wildman–Crippen LogP) is 6.68. The summed E-state index contributed by atoms with van der Waals surface area (Å²) >= 11 is 0. The standard InChI is InChI=1S/C38H56N6O2/c1-24-20-29-27-11-10-25-21-26(45)12-14-37(25,8)28(27)13-15-38(29,9)33(24)30(46)23-43-16-18-44(19-17-43)32-22-31(41-35(2,3)4)39-34(40-32)42-36(5,6)7/h12-14,21-22,24,27,29,33H,10-11,15-20,23H2,1-9H3,(H2,39,40,41,42)/t24?,27-,29+,33-,37+,38+/m1/s1. The van der Waals surface area contributed by atoms with E-state index in [0.717, 1.165) is 63.5 Å². The van der Waals surface area contributed by atoms with Crippen molar-refractivity contribution < 1.29 is 9.59 Å². The number of carbonyl (C=O) groups is 2. The summed E-state index contributed by atoms with van der Waals surface area (Å²) in [4.78, 5) is 40.7. The number of nitrogens with zero attached hydrogens (tertiary/aromatic N) is 4. The van der Waals surface area contributed by atoms with Crippen molar-refractivity contribution in [1.82, 2.24) is 14.9 Å². The molecular weight excluding hydrogens is 572 g/mol. The van der Waals surface area contributed by atoms with E-state index >= 15 is 0 Å². The molecule has 1 saturated heterocycles. The summed E-state index contributed by atoms with van der Waals surface area (Å²) < 4.78 is 0. The van der Waals surface area contributed by atoms with Crippen molar-refractivity contribution in [2.45, 2.75) is 99.1 Å². The molecule has 3 fully saturated rings. The lowest BCUT2D eigenvalue weighted by Crippen LogP contribution is -2.51. The number of hydrogen-bond donors (Lipinski definition) is 2. The summed E-state index contributed by atoms with van der Waals surface area (Å²) in [5, 5.41) is 6.97. The Morgan fingerprint density at radius 2 is 1.72 bits per heavy atom. The van der Waals surface area contributed by atoms with Gasteiger partial charge in [0, 0.05) is 54.7 Å². The highest BCUT2D eigenvalue weighted by molar-refractivity contribution is 6.01. The van der Waals surface area contributed by atoms with E-state index in [4.69, 9.17) is 9.97 Å². The molecule has 2 saturated carbocycles. The number of rotatable bonds is 6. The third-order valence-corrected chi connectivity index (χ3v) is 11.4. The normalized spacial score (nSPS) is 33.1. The molecule has 5 aliphatic rings. The Balaban J connectivity index is 1.13. The van der Waals surface area contributed by atoms with Gasteiger partial charge in [-0.1, -0.05) is 37.1 Å². The zero-order valence-corrected chi connectivity index (χ0v) is 29.7. The van der Waals surface area contributed by atoms with Crippen LogP contribution in [-0.4, -0.2) is 70.2 Å². The van der Waals surface area contributed by atoms with E-state index in [-0.39, 0.29) is 33.6 Å². The summed E-state index contributed by atoms with van der Waals surface area (Å²) in [5.74, 6) is 4.38. The first-order valence-corrected chi connectivity index (χ1v) is 17.6. The van der Waals surface area contributed by atoms with Gasteiger partial charge in [0.15, 0.2) is 11.6 Å². The van der Waals surface area contributed by atoms with Crippen molar-refractivity contribution in [2.75, 3.05) is 48.3 Å². The van der Waals surface area contributed by atoms with Crippen molar-refractivity contribution in [2.24, 2.45) is 34.5 Å². The quantitative estimate of drug-likeness (QED) is 0.338. The van der Waals surface area contributed by atoms with E-state index in [1.54, 1.807) is 6.08 Å². The third kappa shape index (κ3) is 6.31. The molecule has 8 nitrogen and oxygen atoms in total. The lowest BCUT2D eigenvalue weighted by atomic mass is 9.52. The number of hydrogen-bond acceptors (Lipinski definition) is 8. The molecule has 0 amide bonds. The van der Waals surface area contributed by atoms with E-state index in [9.17, 15) is 9.59 Å². The van der Waals surface area contributed by atoms with E-state index in [0.29, 0.717) is 36.0 Å². The van der Waals surface area contributed by atoms with Crippen LogP contribution in [0.5, 0.6) is 0 Å². The van der Waals surface area contributed by atoms with Crippen LogP contribution < -0.4 is 15.5 Å². The maximum absolute atomic E-state index is 14.2.